The molecule has 0 spiro atoms. The summed E-state index contributed by atoms with van der Waals surface area (Å²) >= 11 is 0. The topological polar surface area (TPSA) is 66.5 Å². The molecule has 1 heterocycles. The number of hydrogen-bond acceptors (Lipinski definition) is 3. The SMILES string of the molecule is CC(CCN1CC(=O)NC(C(C)(C)C)C1=O)S(C)=O. The van der Waals surface area contributed by atoms with Gasteiger partial charge in [0.15, 0.2) is 0 Å². The van der Waals surface area contributed by atoms with E-state index in [-0.39, 0.29) is 29.0 Å². The van der Waals surface area contributed by atoms with E-state index in [0.29, 0.717) is 13.0 Å². The zero-order chi connectivity index (χ0) is 14.8. The molecule has 0 aromatic carbocycles. The molecule has 2 amide bonds. The Bertz CT molecular complexity index is 390. The summed E-state index contributed by atoms with van der Waals surface area (Å²) in [5, 5.41) is 2.79. The van der Waals surface area contributed by atoms with Crippen molar-refractivity contribution in [3.63, 3.8) is 0 Å². The van der Waals surface area contributed by atoms with Crippen molar-refractivity contribution in [3.8, 4) is 0 Å². The van der Waals surface area contributed by atoms with Crippen LogP contribution in [-0.2, 0) is 20.4 Å². The Morgan fingerprint density at radius 3 is 2.47 bits per heavy atom. The lowest BCUT2D eigenvalue weighted by atomic mass is 9.84. The van der Waals surface area contributed by atoms with E-state index < -0.39 is 16.8 Å². The lowest BCUT2D eigenvalue weighted by Gasteiger charge is -2.39. The van der Waals surface area contributed by atoms with Crippen molar-refractivity contribution in [1.82, 2.24) is 10.2 Å². The van der Waals surface area contributed by atoms with Gasteiger partial charge in [-0.3, -0.25) is 13.8 Å². The largest absolute Gasteiger partial charge is 0.342 e. The first-order chi connectivity index (χ1) is 8.62. The average molecular weight is 288 g/mol. The van der Waals surface area contributed by atoms with Gasteiger partial charge in [-0.25, -0.2) is 0 Å². The van der Waals surface area contributed by atoms with Gasteiger partial charge in [0.05, 0.1) is 6.54 Å². The molecular formula is C13H24N2O3S. The quantitative estimate of drug-likeness (QED) is 0.820. The number of amides is 2. The first kappa shape index (κ1) is 16.1. The molecule has 0 aliphatic carbocycles. The van der Waals surface area contributed by atoms with E-state index in [1.54, 1.807) is 11.2 Å². The molecule has 0 bridgehead atoms. The van der Waals surface area contributed by atoms with Gasteiger partial charge in [0.1, 0.15) is 6.04 Å². The molecule has 1 rings (SSSR count). The van der Waals surface area contributed by atoms with Gasteiger partial charge >= 0.3 is 0 Å². The molecule has 3 unspecified atom stereocenters. The second kappa shape index (κ2) is 6.03. The summed E-state index contributed by atoms with van der Waals surface area (Å²) in [6.45, 7) is 8.29. The summed E-state index contributed by atoms with van der Waals surface area (Å²) in [4.78, 5) is 25.6. The van der Waals surface area contributed by atoms with Gasteiger partial charge in [0.2, 0.25) is 11.8 Å². The molecular weight excluding hydrogens is 264 g/mol. The second-order valence-electron chi connectivity index (χ2n) is 6.22. The van der Waals surface area contributed by atoms with E-state index in [0.717, 1.165) is 0 Å². The van der Waals surface area contributed by atoms with E-state index >= 15 is 0 Å². The lowest BCUT2D eigenvalue weighted by molar-refractivity contribution is -0.147. The van der Waals surface area contributed by atoms with Gasteiger partial charge < -0.3 is 10.2 Å². The zero-order valence-corrected chi connectivity index (χ0v) is 13.2. The summed E-state index contributed by atoms with van der Waals surface area (Å²) < 4.78 is 11.3. The number of nitrogens with zero attached hydrogens (tertiary/aromatic N) is 1. The summed E-state index contributed by atoms with van der Waals surface area (Å²) in [7, 11) is -0.899. The van der Waals surface area contributed by atoms with Crippen molar-refractivity contribution in [2.75, 3.05) is 19.3 Å². The Labute approximate surface area is 117 Å². The maximum atomic E-state index is 12.3. The van der Waals surface area contributed by atoms with Crippen LogP contribution in [-0.4, -0.2) is 51.6 Å². The predicted molar refractivity (Wildman–Crippen MR) is 76.1 cm³/mol. The molecule has 1 aliphatic heterocycles. The molecule has 1 saturated heterocycles. The third-order valence-corrected chi connectivity index (χ3v) is 4.81. The predicted octanol–water partition coefficient (Wildman–Crippen LogP) is 0.517. The highest BCUT2D eigenvalue weighted by molar-refractivity contribution is 7.84. The van der Waals surface area contributed by atoms with Crippen LogP contribution >= 0.6 is 0 Å². The van der Waals surface area contributed by atoms with Gasteiger partial charge in [0.25, 0.3) is 0 Å². The fraction of sp³-hybridized carbons (Fsp3) is 0.846. The van der Waals surface area contributed by atoms with Crippen molar-refractivity contribution >= 4 is 22.6 Å². The van der Waals surface area contributed by atoms with Crippen molar-refractivity contribution in [1.29, 1.82) is 0 Å². The zero-order valence-electron chi connectivity index (χ0n) is 12.4. The third kappa shape index (κ3) is 4.30. The van der Waals surface area contributed by atoms with E-state index in [1.807, 2.05) is 27.7 Å². The van der Waals surface area contributed by atoms with E-state index in [4.69, 9.17) is 0 Å². The standard InChI is InChI=1S/C13H24N2O3S/c1-9(19(5)18)6-7-15-8-10(16)14-11(12(15)17)13(2,3)4/h9,11H,6-8H2,1-5H3,(H,14,16). The Hall–Kier alpha value is -0.910. The number of carbonyl (C=O) groups is 2. The third-order valence-electron chi connectivity index (χ3n) is 3.44. The van der Waals surface area contributed by atoms with E-state index in [2.05, 4.69) is 5.32 Å². The average Bonchev–Trinajstić information content (AvgIpc) is 2.27. The molecule has 5 nitrogen and oxygen atoms in total. The minimum Gasteiger partial charge on any atom is -0.342 e. The molecule has 1 fully saturated rings. The van der Waals surface area contributed by atoms with Crippen LogP contribution in [0.5, 0.6) is 0 Å². The fourth-order valence-corrected chi connectivity index (χ4v) is 2.42. The number of nitrogens with one attached hydrogen (secondary N) is 1. The summed E-state index contributed by atoms with van der Waals surface area (Å²) in [5.74, 6) is -0.161. The molecule has 1 aliphatic rings. The molecule has 19 heavy (non-hydrogen) atoms. The van der Waals surface area contributed by atoms with Crippen LogP contribution in [0, 0.1) is 5.41 Å². The van der Waals surface area contributed by atoms with Crippen molar-refractivity contribution in [2.45, 2.75) is 45.4 Å². The van der Waals surface area contributed by atoms with Crippen LogP contribution in [0.4, 0.5) is 0 Å². The van der Waals surface area contributed by atoms with Gasteiger partial charge in [-0.1, -0.05) is 27.7 Å². The number of piperazine rings is 1. The second-order valence-corrected chi connectivity index (χ2v) is 8.03. The minimum absolute atomic E-state index is 0.0332. The number of rotatable bonds is 4. The van der Waals surface area contributed by atoms with Crippen LogP contribution in [0.2, 0.25) is 0 Å². The molecule has 6 heteroatoms. The van der Waals surface area contributed by atoms with Crippen molar-refractivity contribution < 1.29 is 13.8 Å². The Morgan fingerprint density at radius 2 is 2.00 bits per heavy atom. The van der Waals surface area contributed by atoms with Gasteiger partial charge in [0, 0.05) is 28.9 Å². The smallest absolute Gasteiger partial charge is 0.246 e. The number of hydrogen-bond donors (Lipinski definition) is 1. The normalized spacial score (nSPS) is 24.1. The van der Waals surface area contributed by atoms with Crippen LogP contribution < -0.4 is 5.32 Å². The lowest BCUT2D eigenvalue weighted by Crippen LogP contribution is -2.62. The van der Waals surface area contributed by atoms with Gasteiger partial charge in [-0.05, 0) is 11.8 Å². The molecule has 0 aromatic rings. The van der Waals surface area contributed by atoms with Gasteiger partial charge in [-0.2, -0.15) is 0 Å². The number of carbonyl (C=O) groups excluding carboxylic acids is 2. The van der Waals surface area contributed by atoms with Crippen LogP contribution in [0.25, 0.3) is 0 Å². The van der Waals surface area contributed by atoms with Crippen molar-refractivity contribution in [3.05, 3.63) is 0 Å². The fourth-order valence-electron chi connectivity index (χ4n) is 1.98. The Balaban J connectivity index is 2.70. The van der Waals surface area contributed by atoms with Crippen LogP contribution in [0.3, 0.4) is 0 Å². The highest BCUT2D eigenvalue weighted by Gasteiger charge is 2.39. The first-order valence-electron chi connectivity index (χ1n) is 6.53. The highest BCUT2D eigenvalue weighted by Crippen LogP contribution is 2.23. The molecule has 3 atom stereocenters. The molecule has 1 N–H and O–H groups in total. The Kier molecular flexibility index (Phi) is 5.12. The maximum absolute atomic E-state index is 12.3. The molecule has 0 aromatic heterocycles. The molecule has 110 valence electrons. The summed E-state index contributed by atoms with van der Waals surface area (Å²) in [5.41, 5.74) is -0.301. The van der Waals surface area contributed by atoms with Crippen LogP contribution in [0.15, 0.2) is 0 Å². The van der Waals surface area contributed by atoms with E-state index in [1.165, 1.54) is 0 Å². The monoisotopic (exact) mass is 288 g/mol. The van der Waals surface area contributed by atoms with Crippen molar-refractivity contribution in [2.24, 2.45) is 5.41 Å². The Morgan fingerprint density at radius 1 is 1.42 bits per heavy atom. The minimum atomic E-state index is -0.899. The molecule has 0 radical (unpaired) electrons. The highest BCUT2D eigenvalue weighted by atomic mass is 32.2. The van der Waals surface area contributed by atoms with Crippen LogP contribution in [0.1, 0.15) is 34.1 Å². The van der Waals surface area contributed by atoms with E-state index in [9.17, 15) is 13.8 Å². The first-order valence-corrected chi connectivity index (χ1v) is 8.15. The summed E-state index contributed by atoms with van der Waals surface area (Å²) in [6.07, 6.45) is 2.31. The maximum Gasteiger partial charge on any atom is 0.246 e. The summed E-state index contributed by atoms with van der Waals surface area (Å²) in [6, 6.07) is -0.476. The van der Waals surface area contributed by atoms with Gasteiger partial charge in [-0.15, -0.1) is 0 Å². The molecule has 0 saturated carbocycles.